The van der Waals surface area contributed by atoms with E-state index < -0.39 is 23.8 Å². The molecule has 11 heteroatoms. The quantitative estimate of drug-likeness (QED) is 0.298. The molecule has 3 heterocycles. The van der Waals surface area contributed by atoms with Crippen LogP contribution in [0, 0.1) is 0 Å². The Labute approximate surface area is 216 Å². The number of hydrogen-bond donors (Lipinski definition) is 3. The minimum Gasteiger partial charge on any atom is -0.349 e. The Morgan fingerprint density at radius 3 is 2.49 bits per heavy atom. The zero-order valence-electron chi connectivity index (χ0n) is 20.3. The van der Waals surface area contributed by atoms with Crippen LogP contribution >= 0.6 is 11.6 Å². The molecule has 1 unspecified atom stereocenters. The molecular weight excluding hydrogens is 502 g/mol. The van der Waals surface area contributed by atoms with Crippen molar-refractivity contribution in [2.45, 2.75) is 32.4 Å². The monoisotopic (exact) mass is 526 g/mol. The molecule has 0 fully saturated rings. The minimum absolute atomic E-state index is 0.105. The van der Waals surface area contributed by atoms with Crippen LogP contribution in [0.4, 0.5) is 14.5 Å². The molecular formula is C26H25ClF2N6O2. The van der Waals surface area contributed by atoms with Crippen LogP contribution in [0.15, 0.2) is 54.9 Å². The largest absolute Gasteiger partial charge is 0.349 e. The fourth-order valence-corrected chi connectivity index (χ4v) is 3.92. The van der Waals surface area contributed by atoms with Crippen LogP contribution in [0.1, 0.15) is 41.8 Å². The van der Waals surface area contributed by atoms with Crippen LogP contribution in [0.3, 0.4) is 0 Å². The highest BCUT2D eigenvalue weighted by atomic mass is 35.5. The molecule has 4 aromatic rings. The SMILES string of the molecule is Cn1c(-c2ccc(Cl)cc2)cc2cc(NC(=O)c3cc(CNC(=O)C(C)(C)F)cnc3C(N)F)cnc21. The van der Waals surface area contributed by atoms with E-state index in [0.717, 1.165) is 30.5 Å². The van der Waals surface area contributed by atoms with Crippen molar-refractivity contribution in [3.63, 3.8) is 0 Å². The first-order valence-corrected chi connectivity index (χ1v) is 11.7. The van der Waals surface area contributed by atoms with Gasteiger partial charge in [-0.15, -0.1) is 0 Å². The summed E-state index contributed by atoms with van der Waals surface area (Å²) in [4.78, 5) is 33.3. The molecule has 0 saturated carbocycles. The number of carbonyl (C=O) groups is 2. The fourth-order valence-electron chi connectivity index (χ4n) is 3.79. The Kier molecular flexibility index (Phi) is 7.24. The summed E-state index contributed by atoms with van der Waals surface area (Å²) >= 11 is 6.00. The molecule has 1 atom stereocenters. The molecule has 192 valence electrons. The summed E-state index contributed by atoms with van der Waals surface area (Å²) in [7, 11) is 1.88. The summed E-state index contributed by atoms with van der Waals surface area (Å²) in [6.07, 6.45) is 0.750. The topological polar surface area (TPSA) is 115 Å². The number of nitrogens with two attached hydrogens (primary N) is 1. The predicted octanol–water partition coefficient (Wildman–Crippen LogP) is 4.83. The van der Waals surface area contributed by atoms with Crippen molar-refractivity contribution in [1.29, 1.82) is 0 Å². The van der Waals surface area contributed by atoms with Crippen LogP contribution in [0.25, 0.3) is 22.3 Å². The van der Waals surface area contributed by atoms with Crippen molar-refractivity contribution in [3.8, 4) is 11.3 Å². The zero-order valence-corrected chi connectivity index (χ0v) is 21.1. The molecule has 0 aliphatic rings. The third-order valence-corrected chi connectivity index (χ3v) is 5.99. The number of pyridine rings is 2. The van der Waals surface area contributed by atoms with E-state index in [1.807, 2.05) is 29.8 Å². The number of nitrogens with one attached hydrogen (secondary N) is 2. The third kappa shape index (κ3) is 5.76. The van der Waals surface area contributed by atoms with Crippen LogP contribution in [0.2, 0.25) is 5.02 Å². The highest BCUT2D eigenvalue weighted by molar-refractivity contribution is 6.30. The van der Waals surface area contributed by atoms with E-state index >= 15 is 0 Å². The smallest absolute Gasteiger partial charge is 0.257 e. The highest BCUT2D eigenvalue weighted by Crippen LogP contribution is 2.29. The van der Waals surface area contributed by atoms with Gasteiger partial charge in [0.25, 0.3) is 11.8 Å². The Hall–Kier alpha value is -3.89. The van der Waals surface area contributed by atoms with Crippen LogP contribution in [-0.2, 0) is 18.4 Å². The molecule has 0 aliphatic heterocycles. The van der Waals surface area contributed by atoms with Gasteiger partial charge in [0.1, 0.15) is 11.3 Å². The molecule has 37 heavy (non-hydrogen) atoms. The number of fused-ring (bicyclic) bond motifs is 1. The van der Waals surface area contributed by atoms with Gasteiger partial charge in [0.05, 0.1) is 23.1 Å². The predicted molar refractivity (Wildman–Crippen MR) is 138 cm³/mol. The molecule has 0 spiro atoms. The van der Waals surface area contributed by atoms with Gasteiger partial charge in [0.2, 0.25) is 0 Å². The summed E-state index contributed by atoms with van der Waals surface area (Å²) in [5.74, 6) is -1.49. The molecule has 0 bridgehead atoms. The Morgan fingerprint density at radius 2 is 1.84 bits per heavy atom. The fraction of sp³-hybridized carbons (Fsp3) is 0.231. The van der Waals surface area contributed by atoms with Crippen molar-refractivity contribution in [3.05, 3.63) is 76.7 Å². The van der Waals surface area contributed by atoms with E-state index in [-0.39, 0.29) is 17.8 Å². The maximum absolute atomic E-state index is 14.0. The van der Waals surface area contributed by atoms with Gasteiger partial charge in [-0.3, -0.25) is 20.3 Å². The van der Waals surface area contributed by atoms with E-state index in [0.29, 0.717) is 21.9 Å². The standard InChI is InChI=1S/C26H25ClF2N6O2/c1-26(2,29)25(37)33-12-14-8-19(21(22(28)30)31-11-14)24(36)34-18-9-16-10-20(35(3)23(16)32-13-18)15-4-6-17(27)7-5-15/h4-11,13,22H,12,30H2,1-3H3,(H,33,37)(H,34,36). The summed E-state index contributed by atoms with van der Waals surface area (Å²) in [6, 6.07) is 12.4. The second-order valence-electron chi connectivity index (χ2n) is 9.02. The van der Waals surface area contributed by atoms with Gasteiger partial charge in [-0.2, -0.15) is 0 Å². The lowest BCUT2D eigenvalue weighted by atomic mass is 10.1. The number of halogens is 3. The average molecular weight is 527 g/mol. The minimum atomic E-state index is -2.08. The highest BCUT2D eigenvalue weighted by Gasteiger charge is 2.26. The number of amides is 2. The average Bonchev–Trinajstić information content (AvgIpc) is 3.17. The maximum Gasteiger partial charge on any atom is 0.257 e. The maximum atomic E-state index is 14.0. The normalized spacial score (nSPS) is 12.4. The van der Waals surface area contributed by atoms with Gasteiger partial charge in [-0.25, -0.2) is 13.8 Å². The van der Waals surface area contributed by atoms with Gasteiger partial charge < -0.3 is 15.2 Å². The van der Waals surface area contributed by atoms with Gasteiger partial charge in [-0.05, 0) is 55.3 Å². The number of anilines is 1. The number of alkyl halides is 2. The van der Waals surface area contributed by atoms with Gasteiger partial charge in [0, 0.05) is 30.2 Å². The Bertz CT molecular complexity index is 1480. The van der Waals surface area contributed by atoms with E-state index in [4.69, 9.17) is 17.3 Å². The van der Waals surface area contributed by atoms with E-state index in [2.05, 4.69) is 20.6 Å². The van der Waals surface area contributed by atoms with E-state index in [9.17, 15) is 18.4 Å². The van der Waals surface area contributed by atoms with Crippen LogP contribution in [0.5, 0.6) is 0 Å². The van der Waals surface area contributed by atoms with E-state index in [1.54, 1.807) is 18.2 Å². The number of hydrogen-bond acceptors (Lipinski definition) is 5. The number of benzene rings is 1. The lowest BCUT2D eigenvalue weighted by Gasteiger charge is -2.15. The molecule has 0 radical (unpaired) electrons. The first-order valence-electron chi connectivity index (χ1n) is 11.3. The van der Waals surface area contributed by atoms with Gasteiger partial charge in [0.15, 0.2) is 12.0 Å². The number of rotatable bonds is 7. The number of aryl methyl sites for hydroxylation is 1. The molecule has 4 N–H and O–H groups in total. The van der Waals surface area contributed by atoms with Crippen molar-refractivity contribution in [2.75, 3.05) is 5.32 Å². The summed E-state index contributed by atoms with van der Waals surface area (Å²) in [5.41, 5.74) is 6.22. The molecule has 1 aromatic carbocycles. The van der Waals surface area contributed by atoms with Crippen molar-refractivity contribution in [2.24, 2.45) is 12.8 Å². The summed E-state index contributed by atoms with van der Waals surface area (Å²) in [5, 5.41) is 6.52. The summed E-state index contributed by atoms with van der Waals surface area (Å²) in [6.45, 7) is 2.15. The van der Waals surface area contributed by atoms with Gasteiger partial charge >= 0.3 is 0 Å². The Balaban J connectivity index is 1.59. The van der Waals surface area contributed by atoms with Crippen LogP contribution in [-0.4, -0.2) is 32.0 Å². The first-order chi connectivity index (χ1) is 17.4. The molecule has 0 saturated heterocycles. The van der Waals surface area contributed by atoms with Crippen molar-refractivity contribution < 1.29 is 18.4 Å². The molecule has 0 aliphatic carbocycles. The van der Waals surface area contributed by atoms with Crippen molar-refractivity contribution in [1.82, 2.24) is 19.9 Å². The number of carbonyl (C=O) groups excluding carboxylic acids is 2. The second-order valence-corrected chi connectivity index (χ2v) is 9.46. The number of aromatic nitrogens is 3. The molecule has 3 aromatic heterocycles. The molecule has 8 nitrogen and oxygen atoms in total. The lowest BCUT2D eigenvalue weighted by Crippen LogP contribution is -2.38. The summed E-state index contributed by atoms with van der Waals surface area (Å²) < 4.78 is 29.7. The van der Waals surface area contributed by atoms with Gasteiger partial charge in [-0.1, -0.05) is 23.7 Å². The molecule has 4 rings (SSSR count). The van der Waals surface area contributed by atoms with Crippen LogP contribution < -0.4 is 16.4 Å². The Morgan fingerprint density at radius 1 is 1.14 bits per heavy atom. The zero-order chi connectivity index (χ0) is 26.9. The number of nitrogens with zero attached hydrogens (tertiary/aromatic N) is 3. The molecule has 2 amide bonds. The first kappa shape index (κ1) is 26.2. The third-order valence-electron chi connectivity index (χ3n) is 5.74. The lowest BCUT2D eigenvalue weighted by molar-refractivity contribution is -0.130. The van der Waals surface area contributed by atoms with E-state index in [1.165, 1.54) is 18.5 Å². The van der Waals surface area contributed by atoms with Crippen molar-refractivity contribution >= 4 is 40.1 Å². The second kappa shape index (κ2) is 10.2.